The van der Waals surface area contributed by atoms with Crippen molar-refractivity contribution in [3.63, 3.8) is 0 Å². The molecule has 0 unspecified atom stereocenters. The lowest BCUT2D eigenvalue weighted by Gasteiger charge is -2.11. The van der Waals surface area contributed by atoms with Crippen LogP contribution >= 0.6 is 15.9 Å². The smallest absolute Gasteiger partial charge is 0.213 e. The van der Waals surface area contributed by atoms with E-state index in [1.54, 1.807) is 6.20 Å². The molecular weight excluding hydrogens is 308 g/mol. The van der Waals surface area contributed by atoms with Gasteiger partial charge in [-0.25, -0.2) is 15.0 Å². The maximum absolute atomic E-state index is 5.42. The number of aryl methyl sites for hydroxylation is 2. The van der Waals surface area contributed by atoms with Gasteiger partial charge < -0.3 is 9.73 Å². The average Bonchev–Trinajstić information content (AvgIpc) is 2.76. The van der Waals surface area contributed by atoms with Gasteiger partial charge in [0.1, 0.15) is 17.4 Å². The zero-order chi connectivity index (χ0) is 14.0. The highest BCUT2D eigenvalue weighted by molar-refractivity contribution is 9.10. The zero-order valence-corrected chi connectivity index (χ0v) is 13.1. The number of halogens is 1. The molecule has 1 N–H and O–H groups in total. The van der Waals surface area contributed by atoms with Gasteiger partial charge in [-0.1, -0.05) is 13.8 Å². The minimum Gasteiger partial charge on any atom is -0.444 e. The first kappa shape index (κ1) is 14.0. The van der Waals surface area contributed by atoms with Crippen molar-refractivity contribution < 1.29 is 4.42 Å². The number of oxazole rings is 1. The Balaban J connectivity index is 2.19. The maximum Gasteiger partial charge on any atom is 0.213 e. The lowest BCUT2D eigenvalue weighted by Crippen LogP contribution is -2.08. The second kappa shape index (κ2) is 5.69. The van der Waals surface area contributed by atoms with Crippen LogP contribution in [-0.4, -0.2) is 15.0 Å². The normalized spacial score (nSPS) is 11.1. The quantitative estimate of drug-likeness (QED) is 0.931. The van der Waals surface area contributed by atoms with Crippen LogP contribution in [0.1, 0.15) is 42.9 Å². The maximum atomic E-state index is 5.42. The van der Waals surface area contributed by atoms with Crippen molar-refractivity contribution in [1.29, 1.82) is 0 Å². The van der Waals surface area contributed by atoms with E-state index in [4.69, 9.17) is 4.42 Å². The fourth-order valence-corrected chi connectivity index (χ4v) is 1.92. The van der Waals surface area contributed by atoms with E-state index in [0.717, 1.165) is 27.6 Å². The van der Waals surface area contributed by atoms with E-state index in [-0.39, 0.29) is 5.92 Å². The predicted octanol–water partition coefficient (Wildman–Crippen LogP) is 3.58. The molecule has 2 aromatic rings. The molecular formula is C13H17BrN4O. The molecule has 0 saturated heterocycles. The van der Waals surface area contributed by atoms with Gasteiger partial charge in [-0.3, -0.25) is 0 Å². The predicted molar refractivity (Wildman–Crippen MR) is 77.1 cm³/mol. The van der Waals surface area contributed by atoms with Crippen molar-refractivity contribution in [3.8, 4) is 0 Å². The Bertz CT molecular complexity index is 580. The third-order valence-corrected chi connectivity index (χ3v) is 3.58. The molecule has 0 radical (unpaired) electrons. The summed E-state index contributed by atoms with van der Waals surface area (Å²) in [6.07, 6.45) is 1.71. The van der Waals surface area contributed by atoms with Gasteiger partial charge in [-0.2, -0.15) is 0 Å². The first-order valence-corrected chi connectivity index (χ1v) is 6.96. The van der Waals surface area contributed by atoms with Gasteiger partial charge in [0.2, 0.25) is 5.89 Å². The number of anilines is 1. The topological polar surface area (TPSA) is 63.8 Å². The van der Waals surface area contributed by atoms with Crippen molar-refractivity contribution in [2.24, 2.45) is 0 Å². The zero-order valence-electron chi connectivity index (χ0n) is 11.5. The van der Waals surface area contributed by atoms with Gasteiger partial charge in [-0.05, 0) is 29.8 Å². The molecule has 2 aromatic heterocycles. The van der Waals surface area contributed by atoms with Crippen molar-refractivity contribution in [1.82, 2.24) is 15.0 Å². The van der Waals surface area contributed by atoms with Crippen molar-refractivity contribution >= 4 is 21.7 Å². The third-order valence-electron chi connectivity index (χ3n) is 2.63. The van der Waals surface area contributed by atoms with E-state index in [1.165, 1.54) is 0 Å². The van der Waals surface area contributed by atoms with Crippen LogP contribution in [0.4, 0.5) is 5.82 Å². The van der Waals surface area contributed by atoms with Crippen LogP contribution in [0.15, 0.2) is 15.1 Å². The Morgan fingerprint density at radius 2 is 2.05 bits per heavy atom. The molecule has 0 saturated carbocycles. The summed E-state index contributed by atoms with van der Waals surface area (Å²) >= 11 is 3.50. The standard InChI is InChI=1S/C13H17BrN4O/c1-7(2)12-17-9(4)11(14)13(18-12)16-6-10-15-5-8(3)19-10/h5,7H,6H2,1-4H3,(H,16,17,18). The second-order valence-electron chi connectivity index (χ2n) is 4.70. The van der Waals surface area contributed by atoms with Crippen LogP contribution < -0.4 is 5.32 Å². The van der Waals surface area contributed by atoms with E-state index < -0.39 is 0 Å². The van der Waals surface area contributed by atoms with Crippen molar-refractivity contribution in [3.05, 3.63) is 33.8 Å². The molecule has 5 nitrogen and oxygen atoms in total. The van der Waals surface area contributed by atoms with Gasteiger partial charge in [0.15, 0.2) is 0 Å². The molecule has 2 rings (SSSR count). The molecule has 0 atom stereocenters. The van der Waals surface area contributed by atoms with Crippen LogP contribution in [0.5, 0.6) is 0 Å². The summed E-state index contributed by atoms with van der Waals surface area (Å²) in [5, 5.41) is 3.22. The summed E-state index contributed by atoms with van der Waals surface area (Å²) in [4.78, 5) is 13.1. The second-order valence-corrected chi connectivity index (χ2v) is 5.50. The summed E-state index contributed by atoms with van der Waals surface area (Å²) in [5.74, 6) is 3.33. The molecule has 6 heteroatoms. The van der Waals surface area contributed by atoms with E-state index in [9.17, 15) is 0 Å². The van der Waals surface area contributed by atoms with Crippen molar-refractivity contribution in [2.75, 3.05) is 5.32 Å². The fourth-order valence-electron chi connectivity index (χ4n) is 1.60. The minimum atomic E-state index is 0.288. The Hall–Kier alpha value is -1.43. The van der Waals surface area contributed by atoms with Gasteiger partial charge in [0, 0.05) is 5.92 Å². The van der Waals surface area contributed by atoms with Crippen LogP contribution in [0.3, 0.4) is 0 Å². The van der Waals surface area contributed by atoms with Crippen LogP contribution in [0, 0.1) is 13.8 Å². The molecule has 0 fully saturated rings. The SMILES string of the molecule is Cc1cnc(CNc2nc(C(C)C)nc(C)c2Br)o1. The summed E-state index contributed by atoms with van der Waals surface area (Å²) in [7, 11) is 0. The third kappa shape index (κ3) is 3.32. The van der Waals surface area contributed by atoms with Crippen LogP contribution in [-0.2, 0) is 6.54 Å². The number of nitrogens with one attached hydrogen (secondary N) is 1. The number of rotatable bonds is 4. The summed E-state index contributed by atoms with van der Waals surface area (Å²) < 4.78 is 6.30. The number of hydrogen-bond donors (Lipinski definition) is 1. The molecule has 0 amide bonds. The van der Waals surface area contributed by atoms with Gasteiger partial charge in [0.25, 0.3) is 0 Å². The summed E-state index contributed by atoms with van der Waals surface area (Å²) in [6.45, 7) is 8.48. The Labute approximate surface area is 121 Å². The fraction of sp³-hybridized carbons (Fsp3) is 0.462. The van der Waals surface area contributed by atoms with Crippen LogP contribution in [0.25, 0.3) is 0 Å². The highest BCUT2D eigenvalue weighted by Crippen LogP contribution is 2.25. The van der Waals surface area contributed by atoms with E-state index >= 15 is 0 Å². The minimum absolute atomic E-state index is 0.288. The molecule has 0 aliphatic heterocycles. The monoisotopic (exact) mass is 324 g/mol. The lowest BCUT2D eigenvalue weighted by molar-refractivity contribution is 0.478. The van der Waals surface area contributed by atoms with Gasteiger partial charge >= 0.3 is 0 Å². The molecule has 19 heavy (non-hydrogen) atoms. The molecule has 2 heterocycles. The van der Waals surface area contributed by atoms with Gasteiger partial charge in [-0.15, -0.1) is 0 Å². The summed E-state index contributed by atoms with van der Waals surface area (Å²) in [6, 6.07) is 0. The number of aromatic nitrogens is 3. The molecule has 0 spiro atoms. The number of hydrogen-bond acceptors (Lipinski definition) is 5. The van der Waals surface area contributed by atoms with E-state index in [1.807, 2.05) is 13.8 Å². The molecule has 0 aromatic carbocycles. The molecule has 0 aliphatic carbocycles. The largest absolute Gasteiger partial charge is 0.444 e. The van der Waals surface area contributed by atoms with E-state index in [2.05, 4.69) is 50.0 Å². The number of nitrogens with zero attached hydrogens (tertiary/aromatic N) is 3. The van der Waals surface area contributed by atoms with Gasteiger partial charge in [0.05, 0.1) is 22.9 Å². The van der Waals surface area contributed by atoms with Crippen LogP contribution in [0.2, 0.25) is 0 Å². The highest BCUT2D eigenvalue weighted by atomic mass is 79.9. The average molecular weight is 325 g/mol. The first-order valence-electron chi connectivity index (χ1n) is 6.16. The Morgan fingerprint density at radius 1 is 1.32 bits per heavy atom. The Morgan fingerprint density at radius 3 is 2.63 bits per heavy atom. The molecule has 0 bridgehead atoms. The lowest BCUT2D eigenvalue weighted by atomic mass is 10.2. The summed E-state index contributed by atoms with van der Waals surface area (Å²) in [5.41, 5.74) is 0.921. The van der Waals surface area contributed by atoms with E-state index in [0.29, 0.717) is 12.4 Å². The first-order chi connectivity index (χ1) is 8.97. The Kier molecular flexibility index (Phi) is 4.19. The molecule has 102 valence electrons. The molecule has 0 aliphatic rings. The van der Waals surface area contributed by atoms with Crippen molar-refractivity contribution in [2.45, 2.75) is 40.2 Å². The highest BCUT2D eigenvalue weighted by Gasteiger charge is 2.12.